The van der Waals surface area contributed by atoms with E-state index >= 15 is 0 Å². The Hall–Kier alpha value is -3.52. The van der Waals surface area contributed by atoms with Gasteiger partial charge in [-0.15, -0.1) is 0 Å². The summed E-state index contributed by atoms with van der Waals surface area (Å²) in [6, 6.07) is 11.8. The highest BCUT2D eigenvalue weighted by Crippen LogP contribution is 2.51. The van der Waals surface area contributed by atoms with Crippen LogP contribution in [0.15, 0.2) is 53.7 Å². The van der Waals surface area contributed by atoms with Crippen molar-refractivity contribution in [2.75, 3.05) is 6.61 Å². The van der Waals surface area contributed by atoms with E-state index in [4.69, 9.17) is 14.5 Å². The van der Waals surface area contributed by atoms with Gasteiger partial charge in [0.15, 0.2) is 17.7 Å². The average Bonchev–Trinajstić information content (AvgIpc) is 3.47. The van der Waals surface area contributed by atoms with Crippen molar-refractivity contribution < 1.29 is 28.2 Å². The molecule has 2 unspecified atom stereocenters. The average molecular weight is 523 g/mol. The molecule has 0 saturated heterocycles. The Bertz CT molecular complexity index is 1440. The number of carboxylic acids is 1. The van der Waals surface area contributed by atoms with Crippen LogP contribution in [0.2, 0.25) is 0 Å². The Morgan fingerprint density at radius 1 is 1.21 bits per heavy atom. The monoisotopic (exact) mass is 522 g/mol. The van der Waals surface area contributed by atoms with Gasteiger partial charge in [0, 0.05) is 41.8 Å². The van der Waals surface area contributed by atoms with Gasteiger partial charge in [0.25, 0.3) is 0 Å². The van der Waals surface area contributed by atoms with Gasteiger partial charge in [-0.05, 0) is 68.7 Å². The fourth-order valence-corrected chi connectivity index (χ4v) is 5.79. The maximum Gasteiger partial charge on any atom is 0.333 e. The quantitative estimate of drug-likeness (QED) is 0.428. The number of benzene rings is 2. The van der Waals surface area contributed by atoms with Crippen LogP contribution in [0.5, 0.6) is 5.75 Å². The summed E-state index contributed by atoms with van der Waals surface area (Å²) in [5.41, 5.74) is 2.57. The molecule has 3 heterocycles. The molecule has 2 aliphatic rings. The number of nitrogens with zero attached hydrogens (tertiary/aromatic N) is 2. The number of hydrogen-bond donors (Lipinski definition) is 1. The Kier molecular flexibility index (Phi) is 6.42. The normalized spacial score (nSPS) is 21.3. The lowest BCUT2D eigenvalue weighted by Gasteiger charge is -2.45. The number of aromatic nitrogens is 1. The van der Waals surface area contributed by atoms with Crippen molar-refractivity contribution in [1.29, 1.82) is 0 Å². The summed E-state index contributed by atoms with van der Waals surface area (Å²) in [6.07, 6.45) is 1.48. The lowest BCUT2D eigenvalue weighted by molar-refractivity contribution is -0.165. The van der Waals surface area contributed by atoms with Crippen LogP contribution >= 0.6 is 0 Å². The lowest BCUT2D eigenvalue weighted by atomic mass is 9.62. The number of ether oxygens (including phenoxy) is 2. The van der Waals surface area contributed by atoms with E-state index in [2.05, 4.69) is 6.07 Å². The van der Waals surface area contributed by atoms with Crippen molar-refractivity contribution in [2.24, 2.45) is 10.9 Å². The first-order valence-corrected chi connectivity index (χ1v) is 12.7. The summed E-state index contributed by atoms with van der Waals surface area (Å²) >= 11 is 0. The topological polar surface area (TPSA) is 73.0 Å². The molecule has 200 valence electrons. The molecule has 5 rings (SSSR count). The zero-order valence-corrected chi connectivity index (χ0v) is 22.2. The number of aliphatic imine (C=N–C) groups is 1. The number of aliphatic carboxylic acids is 1. The van der Waals surface area contributed by atoms with Crippen LogP contribution < -0.4 is 4.74 Å². The van der Waals surface area contributed by atoms with E-state index in [9.17, 15) is 18.7 Å². The molecule has 38 heavy (non-hydrogen) atoms. The highest BCUT2D eigenvalue weighted by atomic mass is 19.2. The van der Waals surface area contributed by atoms with Crippen LogP contribution in [0.1, 0.15) is 56.9 Å². The smallest absolute Gasteiger partial charge is 0.333 e. The van der Waals surface area contributed by atoms with Gasteiger partial charge in [-0.25, -0.2) is 18.6 Å². The number of carboxylic acid groups (broad SMARTS) is 1. The Labute approximate surface area is 220 Å². The van der Waals surface area contributed by atoms with Gasteiger partial charge < -0.3 is 19.1 Å². The summed E-state index contributed by atoms with van der Waals surface area (Å²) in [6.45, 7) is 10.3. The minimum atomic E-state index is -1.16. The van der Waals surface area contributed by atoms with Gasteiger partial charge in [-0.1, -0.05) is 25.1 Å². The molecule has 8 heteroatoms. The van der Waals surface area contributed by atoms with E-state index in [1.807, 2.05) is 63.6 Å². The third-order valence-corrected chi connectivity index (χ3v) is 7.50. The summed E-state index contributed by atoms with van der Waals surface area (Å²) in [4.78, 5) is 17.6. The first-order valence-electron chi connectivity index (χ1n) is 12.7. The second kappa shape index (κ2) is 9.34. The maximum atomic E-state index is 13.9. The largest absolute Gasteiger partial charge is 0.493 e. The number of carbonyl (C=O) groups is 1. The molecule has 0 saturated carbocycles. The van der Waals surface area contributed by atoms with Crippen LogP contribution in [-0.2, 0) is 27.9 Å². The van der Waals surface area contributed by atoms with E-state index in [0.29, 0.717) is 23.7 Å². The van der Waals surface area contributed by atoms with E-state index in [1.54, 1.807) is 6.07 Å². The van der Waals surface area contributed by atoms with Crippen LogP contribution in [0.25, 0.3) is 0 Å². The third kappa shape index (κ3) is 4.51. The molecule has 0 amide bonds. The van der Waals surface area contributed by atoms with E-state index in [-0.39, 0.29) is 6.54 Å². The highest BCUT2D eigenvalue weighted by Gasteiger charge is 2.52. The maximum absolute atomic E-state index is 13.9. The summed E-state index contributed by atoms with van der Waals surface area (Å²) in [7, 11) is 0. The molecule has 1 N–H and O–H groups in total. The van der Waals surface area contributed by atoms with Gasteiger partial charge in [-0.3, -0.25) is 0 Å². The minimum absolute atomic E-state index is 0.281. The van der Waals surface area contributed by atoms with E-state index < -0.39 is 40.6 Å². The number of hydrogen-bond acceptors (Lipinski definition) is 4. The number of rotatable bonds is 6. The fraction of sp³-hybridized carbons (Fsp3) is 0.400. The Morgan fingerprint density at radius 3 is 2.66 bits per heavy atom. The number of halogens is 2. The standard InChI is InChI=1S/C30H32F2N2O4/c1-17-25(26(28(35)36)38-29(2,3)4)30(5,20-7-9-24-19(15-20)11-13-37-24)21-10-12-34(27(21)33-17)16-18-6-8-22(31)23(32)14-18/h6-10,12,14-15,25-26H,11,13,16H2,1-5H3,(H,35,36)/t25?,26-,30?/m0/s1. The van der Waals surface area contributed by atoms with Crippen molar-refractivity contribution >= 4 is 17.5 Å². The molecule has 3 aromatic rings. The predicted molar refractivity (Wildman–Crippen MR) is 141 cm³/mol. The van der Waals surface area contributed by atoms with Gasteiger partial charge in [-0.2, -0.15) is 0 Å². The van der Waals surface area contributed by atoms with Crippen molar-refractivity contribution in [2.45, 2.75) is 64.7 Å². The second-order valence-electron chi connectivity index (χ2n) is 11.3. The first kappa shape index (κ1) is 26.1. The van der Waals surface area contributed by atoms with Crippen LogP contribution in [0.4, 0.5) is 14.6 Å². The van der Waals surface area contributed by atoms with Crippen molar-refractivity contribution in [3.63, 3.8) is 0 Å². The molecule has 0 bridgehead atoms. The highest BCUT2D eigenvalue weighted by molar-refractivity contribution is 5.95. The van der Waals surface area contributed by atoms with E-state index in [1.165, 1.54) is 6.07 Å². The molecule has 0 spiro atoms. The van der Waals surface area contributed by atoms with Crippen molar-refractivity contribution in [1.82, 2.24) is 4.57 Å². The summed E-state index contributed by atoms with van der Waals surface area (Å²) < 4.78 is 41.2. The Morgan fingerprint density at radius 2 is 1.97 bits per heavy atom. The first-order chi connectivity index (χ1) is 17.9. The zero-order valence-electron chi connectivity index (χ0n) is 22.2. The summed E-state index contributed by atoms with van der Waals surface area (Å²) in [5.74, 6) is -1.97. The molecule has 3 atom stereocenters. The molecular formula is C30H32F2N2O4. The Balaban J connectivity index is 1.68. The lowest BCUT2D eigenvalue weighted by Crippen LogP contribution is -2.52. The minimum Gasteiger partial charge on any atom is -0.493 e. The molecule has 6 nitrogen and oxygen atoms in total. The molecule has 2 aliphatic heterocycles. The van der Waals surface area contributed by atoms with Crippen LogP contribution in [-0.4, -0.2) is 39.7 Å². The SMILES string of the molecule is CC1=Nc2c(ccn2Cc2ccc(F)c(F)c2)C(C)(c2ccc3c(c2)CCO3)C1[C@H](OC(C)(C)C)C(=O)O. The van der Waals surface area contributed by atoms with Gasteiger partial charge in [0.2, 0.25) is 0 Å². The zero-order chi connectivity index (χ0) is 27.4. The van der Waals surface area contributed by atoms with Crippen LogP contribution in [0.3, 0.4) is 0 Å². The third-order valence-electron chi connectivity index (χ3n) is 7.50. The molecule has 0 aliphatic carbocycles. The molecular weight excluding hydrogens is 490 g/mol. The molecule has 1 aromatic heterocycles. The fourth-order valence-electron chi connectivity index (χ4n) is 5.79. The van der Waals surface area contributed by atoms with Gasteiger partial charge >= 0.3 is 5.97 Å². The predicted octanol–water partition coefficient (Wildman–Crippen LogP) is 6.05. The second-order valence-corrected chi connectivity index (χ2v) is 11.3. The van der Waals surface area contributed by atoms with Crippen LogP contribution in [0, 0.1) is 17.6 Å². The van der Waals surface area contributed by atoms with Crippen molar-refractivity contribution in [3.05, 3.63) is 82.5 Å². The van der Waals surface area contributed by atoms with Gasteiger partial charge in [0.05, 0.1) is 12.2 Å². The molecule has 2 aromatic carbocycles. The van der Waals surface area contributed by atoms with Crippen molar-refractivity contribution in [3.8, 4) is 5.75 Å². The molecule has 0 radical (unpaired) electrons. The summed E-state index contributed by atoms with van der Waals surface area (Å²) in [5, 5.41) is 10.4. The van der Waals surface area contributed by atoms with Gasteiger partial charge in [0.1, 0.15) is 11.6 Å². The molecule has 0 fully saturated rings. The number of fused-ring (bicyclic) bond motifs is 2. The van der Waals surface area contributed by atoms with E-state index in [0.717, 1.165) is 34.9 Å².